The van der Waals surface area contributed by atoms with Crippen molar-refractivity contribution in [3.8, 4) is 0 Å². The molecule has 0 aromatic rings. The number of hydrogen-bond acceptors (Lipinski definition) is 15. The van der Waals surface area contributed by atoms with E-state index < -0.39 is 99.3 Å². The number of unbranched alkanes of at least 4 members (excludes halogenated alkanes) is 11. The van der Waals surface area contributed by atoms with Gasteiger partial charge in [0, 0.05) is 12.8 Å². The SMILES string of the molecule is CC/C=C/C=C/C=C/C=C/CCCCCCCC(=O)OC[C@H](CO[C@@H]1O[C@H](CO[C@@H]2O[C@H](CO)[C@H](O)C(O)C2O)[C@H](O)C(O)C1O)OC(=O)CCCCCCCCC. The molecule has 2 heterocycles. The van der Waals surface area contributed by atoms with Gasteiger partial charge in [-0.05, 0) is 32.1 Å². The second kappa shape index (κ2) is 31.4. The van der Waals surface area contributed by atoms with Crippen molar-refractivity contribution in [1.82, 2.24) is 0 Å². The van der Waals surface area contributed by atoms with Crippen LogP contribution in [0, 0.1) is 0 Å². The van der Waals surface area contributed by atoms with Gasteiger partial charge in [0.25, 0.3) is 0 Å². The first kappa shape index (κ1) is 51.6. The third-order valence-corrected chi connectivity index (χ3v) is 9.92. The van der Waals surface area contributed by atoms with Crippen LogP contribution in [0.2, 0.25) is 0 Å². The first-order valence-electron chi connectivity index (χ1n) is 21.3. The molecule has 0 aliphatic carbocycles. The van der Waals surface area contributed by atoms with Crippen LogP contribution in [0.3, 0.4) is 0 Å². The summed E-state index contributed by atoms with van der Waals surface area (Å²) in [4.78, 5) is 25.4. The highest BCUT2D eigenvalue weighted by atomic mass is 16.7. The molecule has 0 saturated carbocycles. The lowest BCUT2D eigenvalue weighted by Crippen LogP contribution is -2.61. The summed E-state index contributed by atoms with van der Waals surface area (Å²) in [6.45, 7) is 2.32. The fraction of sp³-hybridized carbons (Fsp3) is 0.767. The average molecular weight is 829 g/mol. The van der Waals surface area contributed by atoms with Crippen LogP contribution < -0.4 is 0 Å². The van der Waals surface area contributed by atoms with Crippen molar-refractivity contribution in [2.45, 2.75) is 184 Å². The van der Waals surface area contributed by atoms with Crippen LogP contribution in [0.25, 0.3) is 0 Å². The smallest absolute Gasteiger partial charge is 0.306 e. The van der Waals surface area contributed by atoms with E-state index in [0.29, 0.717) is 12.8 Å². The van der Waals surface area contributed by atoms with Crippen LogP contribution in [0.15, 0.2) is 48.6 Å². The standard InChI is InChI=1S/C43H72O15/c1-3-5-7-9-11-12-13-14-15-16-17-18-20-21-23-25-34(45)53-28-31(56-35(46)26-24-22-19-10-8-6-4-2)29-54-42-41(52)39(50)37(48)33(58-42)30-55-43-40(51)38(49)36(47)32(27-44)57-43/h5,7,9,11-15,31-33,36-44,47-52H,3-4,6,8,10,16-30H2,1-2H3/b7-5+,11-9+,13-12+,15-14+/t31-,32-,33-,36+,37+,38?,39?,40?,41?,42-,43-/m1/s1. The fourth-order valence-corrected chi connectivity index (χ4v) is 6.34. The number of carbonyl (C=O) groups is 2. The first-order valence-corrected chi connectivity index (χ1v) is 21.3. The molecule has 11 atom stereocenters. The monoisotopic (exact) mass is 828 g/mol. The minimum atomic E-state index is -1.77. The van der Waals surface area contributed by atoms with Gasteiger partial charge in [-0.25, -0.2) is 0 Å². The summed E-state index contributed by atoms with van der Waals surface area (Å²) in [6.07, 6.45) is 13.3. The quantitative estimate of drug-likeness (QED) is 0.0312. The molecule has 0 spiro atoms. The molecule has 334 valence electrons. The van der Waals surface area contributed by atoms with Gasteiger partial charge in [-0.15, -0.1) is 0 Å². The minimum Gasteiger partial charge on any atom is -0.462 e. The van der Waals surface area contributed by atoms with E-state index in [1.807, 2.05) is 36.5 Å². The van der Waals surface area contributed by atoms with Crippen LogP contribution >= 0.6 is 0 Å². The number of hydrogen-bond donors (Lipinski definition) is 7. The lowest BCUT2D eigenvalue weighted by molar-refractivity contribution is -0.332. The summed E-state index contributed by atoms with van der Waals surface area (Å²) in [5, 5.41) is 71.6. The maximum absolute atomic E-state index is 12.8. The molecule has 15 heteroatoms. The number of rotatable bonds is 30. The van der Waals surface area contributed by atoms with Crippen molar-refractivity contribution in [3.05, 3.63) is 48.6 Å². The Kier molecular flexibility index (Phi) is 27.9. The Balaban J connectivity index is 1.86. The summed E-state index contributed by atoms with van der Waals surface area (Å²) in [7, 11) is 0. The van der Waals surface area contributed by atoms with Crippen LogP contribution in [0.5, 0.6) is 0 Å². The van der Waals surface area contributed by atoms with E-state index in [-0.39, 0.29) is 19.4 Å². The molecule has 15 nitrogen and oxygen atoms in total. The summed E-state index contributed by atoms with van der Waals surface area (Å²) < 4.78 is 33.3. The Bertz CT molecular complexity index is 1210. The van der Waals surface area contributed by atoms with E-state index in [1.165, 1.54) is 6.42 Å². The van der Waals surface area contributed by atoms with Gasteiger partial charge >= 0.3 is 11.9 Å². The largest absolute Gasteiger partial charge is 0.462 e. The van der Waals surface area contributed by atoms with Crippen LogP contribution in [0.1, 0.15) is 117 Å². The molecule has 0 bridgehead atoms. The predicted molar refractivity (Wildman–Crippen MR) is 215 cm³/mol. The zero-order chi connectivity index (χ0) is 42.5. The zero-order valence-electron chi connectivity index (χ0n) is 34.5. The van der Waals surface area contributed by atoms with Crippen molar-refractivity contribution >= 4 is 11.9 Å². The molecule has 7 N–H and O–H groups in total. The summed E-state index contributed by atoms with van der Waals surface area (Å²) >= 11 is 0. The Morgan fingerprint density at radius 2 is 1.09 bits per heavy atom. The number of ether oxygens (including phenoxy) is 6. The molecule has 0 radical (unpaired) electrons. The Hall–Kier alpha value is -2.54. The van der Waals surface area contributed by atoms with E-state index in [9.17, 15) is 45.3 Å². The minimum absolute atomic E-state index is 0.157. The Labute approximate surface area is 344 Å². The van der Waals surface area contributed by atoms with E-state index in [0.717, 1.165) is 70.6 Å². The topological polar surface area (TPSA) is 231 Å². The Morgan fingerprint density at radius 3 is 1.71 bits per heavy atom. The van der Waals surface area contributed by atoms with Crippen molar-refractivity contribution in [1.29, 1.82) is 0 Å². The number of aliphatic hydroxyl groups is 7. The van der Waals surface area contributed by atoms with E-state index >= 15 is 0 Å². The van der Waals surface area contributed by atoms with Gasteiger partial charge < -0.3 is 64.2 Å². The van der Waals surface area contributed by atoms with Crippen molar-refractivity contribution in [3.63, 3.8) is 0 Å². The Morgan fingerprint density at radius 1 is 0.569 bits per heavy atom. The van der Waals surface area contributed by atoms with Gasteiger partial charge in [-0.2, -0.15) is 0 Å². The zero-order valence-corrected chi connectivity index (χ0v) is 34.5. The molecule has 0 aromatic heterocycles. The van der Waals surface area contributed by atoms with Crippen molar-refractivity contribution in [2.24, 2.45) is 0 Å². The van der Waals surface area contributed by atoms with Gasteiger partial charge in [0.15, 0.2) is 18.7 Å². The normalized spacial score (nSPS) is 28.6. The molecule has 0 amide bonds. The third kappa shape index (κ3) is 20.6. The van der Waals surface area contributed by atoms with Crippen LogP contribution in [-0.4, -0.2) is 142 Å². The average Bonchev–Trinajstić information content (AvgIpc) is 3.21. The highest BCUT2D eigenvalue weighted by molar-refractivity contribution is 5.70. The van der Waals surface area contributed by atoms with Gasteiger partial charge in [0.1, 0.15) is 55.4 Å². The molecular weight excluding hydrogens is 756 g/mol. The molecule has 2 fully saturated rings. The third-order valence-electron chi connectivity index (χ3n) is 9.92. The van der Waals surface area contributed by atoms with E-state index in [2.05, 4.69) is 26.0 Å². The van der Waals surface area contributed by atoms with E-state index in [1.54, 1.807) is 0 Å². The molecule has 4 unspecified atom stereocenters. The lowest BCUT2D eigenvalue weighted by atomic mass is 9.98. The van der Waals surface area contributed by atoms with Crippen molar-refractivity contribution in [2.75, 3.05) is 26.4 Å². The van der Waals surface area contributed by atoms with Gasteiger partial charge in [0.05, 0.1) is 19.8 Å². The molecule has 0 aromatic carbocycles. The highest BCUT2D eigenvalue weighted by Crippen LogP contribution is 2.26. The predicted octanol–water partition coefficient (Wildman–Crippen LogP) is 3.59. The second-order valence-corrected chi connectivity index (χ2v) is 14.9. The first-order chi connectivity index (χ1) is 28.0. The second-order valence-electron chi connectivity index (χ2n) is 14.9. The van der Waals surface area contributed by atoms with Crippen molar-refractivity contribution < 1.29 is 73.8 Å². The summed E-state index contributed by atoms with van der Waals surface area (Å²) in [5.41, 5.74) is 0. The van der Waals surface area contributed by atoms with Crippen LogP contribution in [0.4, 0.5) is 0 Å². The molecule has 58 heavy (non-hydrogen) atoms. The number of allylic oxidation sites excluding steroid dienone is 8. The fourth-order valence-electron chi connectivity index (χ4n) is 6.34. The summed E-state index contributed by atoms with van der Waals surface area (Å²) in [5.74, 6) is -0.966. The van der Waals surface area contributed by atoms with Gasteiger partial charge in [-0.1, -0.05) is 120 Å². The van der Waals surface area contributed by atoms with Crippen LogP contribution in [-0.2, 0) is 38.0 Å². The molecule has 2 aliphatic rings. The molecule has 2 aliphatic heterocycles. The van der Waals surface area contributed by atoms with Gasteiger partial charge in [-0.3, -0.25) is 9.59 Å². The molecule has 2 rings (SSSR count). The molecule has 2 saturated heterocycles. The van der Waals surface area contributed by atoms with E-state index in [4.69, 9.17) is 28.4 Å². The maximum atomic E-state index is 12.8. The number of esters is 2. The maximum Gasteiger partial charge on any atom is 0.306 e. The highest BCUT2D eigenvalue weighted by Gasteiger charge is 2.47. The number of aliphatic hydroxyl groups excluding tert-OH is 7. The molecular formula is C43H72O15. The summed E-state index contributed by atoms with van der Waals surface area (Å²) in [6, 6.07) is 0. The van der Waals surface area contributed by atoms with Gasteiger partial charge in [0.2, 0.25) is 0 Å². The lowest BCUT2D eigenvalue weighted by Gasteiger charge is -2.42. The number of carbonyl (C=O) groups excluding carboxylic acids is 2.